The lowest BCUT2D eigenvalue weighted by Crippen LogP contribution is -2.36. The van der Waals surface area contributed by atoms with Gasteiger partial charge in [-0.25, -0.2) is 4.98 Å². The molecule has 0 radical (unpaired) electrons. The molecule has 0 atom stereocenters. The highest BCUT2D eigenvalue weighted by Crippen LogP contribution is 2.21. The third-order valence-corrected chi connectivity index (χ3v) is 4.69. The molecule has 6 heteroatoms. The molecular formula is C20H22N4OS. The van der Waals surface area contributed by atoms with Crippen molar-refractivity contribution in [2.24, 2.45) is 4.99 Å². The Labute approximate surface area is 157 Å². The van der Waals surface area contributed by atoms with Crippen LogP contribution in [0.4, 0.5) is 0 Å². The van der Waals surface area contributed by atoms with E-state index in [1.807, 2.05) is 36.4 Å². The first-order chi connectivity index (χ1) is 12.8. The number of guanidine groups is 1. The summed E-state index contributed by atoms with van der Waals surface area (Å²) in [7, 11) is 3.43. The van der Waals surface area contributed by atoms with E-state index in [0.29, 0.717) is 13.1 Å². The molecule has 2 N–H and O–H groups in total. The summed E-state index contributed by atoms with van der Waals surface area (Å²) < 4.78 is 5.25. The first-order valence-electron chi connectivity index (χ1n) is 8.36. The Kier molecular flexibility index (Phi) is 6.22. The van der Waals surface area contributed by atoms with Gasteiger partial charge in [-0.2, -0.15) is 0 Å². The van der Waals surface area contributed by atoms with Crippen molar-refractivity contribution in [2.45, 2.75) is 13.1 Å². The molecule has 0 aliphatic rings. The second kappa shape index (κ2) is 9.01. The maximum atomic E-state index is 5.25. The predicted molar refractivity (Wildman–Crippen MR) is 108 cm³/mol. The second-order valence-electron chi connectivity index (χ2n) is 5.62. The topological polar surface area (TPSA) is 58.5 Å². The van der Waals surface area contributed by atoms with Gasteiger partial charge < -0.3 is 15.4 Å². The SMILES string of the molecule is CN=C(NCc1cccc(OC)c1)NCc1nc(-c2ccccc2)cs1. The first kappa shape index (κ1) is 17.9. The zero-order valence-corrected chi connectivity index (χ0v) is 15.7. The number of nitrogens with zero attached hydrogens (tertiary/aromatic N) is 2. The minimum atomic E-state index is 0.634. The van der Waals surface area contributed by atoms with Crippen molar-refractivity contribution in [3.05, 3.63) is 70.5 Å². The molecule has 2 aromatic carbocycles. The Balaban J connectivity index is 1.53. The monoisotopic (exact) mass is 366 g/mol. The van der Waals surface area contributed by atoms with E-state index in [1.54, 1.807) is 25.5 Å². The van der Waals surface area contributed by atoms with Crippen LogP contribution < -0.4 is 15.4 Å². The number of hydrogen-bond donors (Lipinski definition) is 2. The van der Waals surface area contributed by atoms with Gasteiger partial charge in [0, 0.05) is 24.5 Å². The third kappa shape index (κ3) is 4.83. The molecule has 0 spiro atoms. The summed E-state index contributed by atoms with van der Waals surface area (Å²) in [5.74, 6) is 1.59. The fourth-order valence-electron chi connectivity index (χ4n) is 2.48. The highest BCUT2D eigenvalue weighted by molar-refractivity contribution is 7.09. The second-order valence-corrected chi connectivity index (χ2v) is 6.57. The van der Waals surface area contributed by atoms with Gasteiger partial charge in [0.2, 0.25) is 0 Å². The summed E-state index contributed by atoms with van der Waals surface area (Å²) in [5, 5.41) is 9.71. The fraction of sp³-hybridized carbons (Fsp3) is 0.200. The zero-order valence-electron chi connectivity index (χ0n) is 14.9. The highest BCUT2D eigenvalue weighted by Gasteiger charge is 2.05. The van der Waals surface area contributed by atoms with E-state index in [1.165, 1.54) is 0 Å². The lowest BCUT2D eigenvalue weighted by atomic mass is 10.2. The summed E-state index contributed by atoms with van der Waals surface area (Å²) in [6, 6.07) is 18.2. The minimum absolute atomic E-state index is 0.634. The summed E-state index contributed by atoms with van der Waals surface area (Å²) >= 11 is 1.64. The van der Waals surface area contributed by atoms with E-state index in [-0.39, 0.29) is 0 Å². The van der Waals surface area contributed by atoms with Crippen LogP contribution in [0.2, 0.25) is 0 Å². The average molecular weight is 366 g/mol. The molecule has 26 heavy (non-hydrogen) atoms. The van der Waals surface area contributed by atoms with Crippen molar-refractivity contribution >= 4 is 17.3 Å². The maximum absolute atomic E-state index is 5.25. The van der Waals surface area contributed by atoms with Gasteiger partial charge in [-0.3, -0.25) is 4.99 Å². The number of benzene rings is 2. The van der Waals surface area contributed by atoms with Crippen molar-refractivity contribution in [3.8, 4) is 17.0 Å². The largest absolute Gasteiger partial charge is 0.497 e. The number of aliphatic imine (C=N–C) groups is 1. The highest BCUT2D eigenvalue weighted by atomic mass is 32.1. The van der Waals surface area contributed by atoms with Gasteiger partial charge >= 0.3 is 0 Å². The van der Waals surface area contributed by atoms with Crippen LogP contribution in [-0.2, 0) is 13.1 Å². The fourth-order valence-corrected chi connectivity index (χ4v) is 3.22. The maximum Gasteiger partial charge on any atom is 0.191 e. The minimum Gasteiger partial charge on any atom is -0.497 e. The van der Waals surface area contributed by atoms with Gasteiger partial charge in [-0.15, -0.1) is 11.3 Å². The van der Waals surface area contributed by atoms with Gasteiger partial charge in [0.25, 0.3) is 0 Å². The molecule has 0 saturated carbocycles. The number of nitrogens with one attached hydrogen (secondary N) is 2. The normalized spacial score (nSPS) is 11.2. The number of hydrogen-bond acceptors (Lipinski definition) is 4. The average Bonchev–Trinajstić information content (AvgIpc) is 3.18. The van der Waals surface area contributed by atoms with E-state index >= 15 is 0 Å². The van der Waals surface area contributed by atoms with Gasteiger partial charge in [-0.05, 0) is 17.7 Å². The van der Waals surface area contributed by atoms with Gasteiger partial charge in [0.15, 0.2) is 5.96 Å². The van der Waals surface area contributed by atoms with Crippen molar-refractivity contribution in [2.75, 3.05) is 14.2 Å². The Hall–Kier alpha value is -2.86. The molecule has 3 aromatic rings. The molecule has 0 fully saturated rings. The van der Waals surface area contributed by atoms with Crippen LogP contribution in [0.15, 0.2) is 65.0 Å². The molecule has 3 rings (SSSR count). The molecule has 1 heterocycles. The van der Waals surface area contributed by atoms with Crippen LogP contribution in [0.5, 0.6) is 5.75 Å². The van der Waals surface area contributed by atoms with Crippen LogP contribution >= 0.6 is 11.3 Å². The molecule has 0 aliphatic carbocycles. The Morgan fingerprint density at radius 1 is 1.08 bits per heavy atom. The predicted octanol–water partition coefficient (Wildman–Crippen LogP) is 3.68. The van der Waals surface area contributed by atoms with Gasteiger partial charge in [-0.1, -0.05) is 42.5 Å². The molecular weight excluding hydrogens is 344 g/mol. The molecule has 134 valence electrons. The van der Waals surface area contributed by atoms with Gasteiger partial charge in [0.1, 0.15) is 10.8 Å². The van der Waals surface area contributed by atoms with Crippen molar-refractivity contribution in [3.63, 3.8) is 0 Å². The Morgan fingerprint density at radius 2 is 1.88 bits per heavy atom. The Bertz CT molecular complexity index is 861. The summed E-state index contributed by atoms with van der Waals surface area (Å²) in [6.45, 7) is 1.30. The number of rotatable bonds is 6. The standard InChI is InChI=1S/C20H22N4OS/c1-21-20(22-12-15-7-6-10-17(11-15)25-2)23-13-19-24-18(14-26-19)16-8-4-3-5-9-16/h3-11,14H,12-13H2,1-2H3,(H2,21,22,23). The molecule has 0 saturated heterocycles. The number of aromatic nitrogens is 1. The Morgan fingerprint density at radius 3 is 2.65 bits per heavy atom. The van der Waals surface area contributed by atoms with Crippen LogP contribution in [-0.4, -0.2) is 25.1 Å². The smallest absolute Gasteiger partial charge is 0.191 e. The van der Waals surface area contributed by atoms with Gasteiger partial charge in [0.05, 0.1) is 19.3 Å². The number of methoxy groups -OCH3 is 1. The quantitative estimate of drug-likeness (QED) is 0.516. The van der Waals surface area contributed by atoms with Crippen LogP contribution in [0.3, 0.4) is 0 Å². The summed E-state index contributed by atoms with van der Waals surface area (Å²) in [4.78, 5) is 8.95. The molecule has 1 aromatic heterocycles. The third-order valence-electron chi connectivity index (χ3n) is 3.85. The van der Waals surface area contributed by atoms with Crippen molar-refractivity contribution in [1.29, 1.82) is 0 Å². The van der Waals surface area contributed by atoms with Crippen LogP contribution in [0.1, 0.15) is 10.6 Å². The first-order valence-corrected chi connectivity index (χ1v) is 9.23. The molecule has 0 unspecified atom stereocenters. The van der Waals surface area contributed by atoms with Crippen molar-refractivity contribution in [1.82, 2.24) is 15.6 Å². The van der Waals surface area contributed by atoms with E-state index in [4.69, 9.17) is 4.74 Å². The summed E-state index contributed by atoms with van der Waals surface area (Å²) in [5.41, 5.74) is 3.27. The molecule has 0 amide bonds. The molecule has 0 aliphatic heterocycles. The summed E-state index contributed by atoms with van der Waals surface area (Å²) in [6.07, 6.45) is 0. The van der Waals surface area contributed by atoms with E-state index < -0.39 is 0 Å². The number of thiazole rings is 1. The van der Waals surface area contributed by atoms with E-state index in [0.717, 1.165) is 33.5 Å². The number of ether oxygens (including phenoxy) is 1. The van der Waals surface area contributed by atoms with Crippen LogP contribution in [0, 0.1) is 0 Å². The lowest BCUT2D eigenvalue weighted by molar-refractivity contribution is 0.414. The molecule has 0 bridgehead atoms. The lowest BCUT2D eigenvalue weighted by Gasteiger charge is -2.11. The zero-order chi connectivity index (χ0) is 18.2. The van der Waals surface area contributed by atoms with E-state index in [2.05, 4.69) is 44.2 Å². The van der Waals surface area contributed by atoms with E-state index in [9.17, 15) is 0 Å². The van der Waals surface area contributed by atoms with Crippen molar-refractivity contribution < 1.29 is 4.74 Å². The van der Waals surface area contributed by atoms with Crippen LogP contribution in [0.25, 0.3) is 11.3 Å². The molecule has 5 nitrogen and oxygen atoms in total.